The second-order valence-electron chi connectivity index (χ2n) is 15.2. The number of allylic oxidation sites excluding steroid dienone is 3. The Morgan fingerprint density at radius 1 is 0.517 bits per heavy atom. The van der Waals surface area contributed by atoms with Crippen molar-refractivity contribution in [2.45, 2.75) is 24.4 Å². The molecule has 3 aliphatic rings. The number of para-hydroxylation sites is 1. The molecule has 6 heteroatoms. The van der Waals surface area contributed by atoms with Crippen molar-refractivity contribution in [2.75, 3.05) is 0 Å². The number of rotatable bonds is 5. The van der Waals surface area contributed by atoms with Crippen molar-refractivity contribution in [2.24, 2.45) is 0 Å². The highest BCUT2D eigenvalue weighted by Gasteiger charge is 2.36. The molecule has 0 radical (unpaired) electrons. The fourth-order valence-corrected chi connectivity index (χ4v) is 9.10. The number of fused-ring (bicyclic) bond motifs is 9. The Bertz CT molecular complexity index is 3200. The van der Waals surface area contributed by atoms with Gasteiger partial charge in [-0.3, -0.25) is 0 Å². The van der Waals surface area contributed by atoms with Crippen molar-refractivity contribution in [3.63, 3.8) is 0 Å². The number of ether oxygens (including phenoxy) is 1. The molecule has 9 aromatic rings. The molecular formula is C52H34N4O2. The van der Waals surface area contributed by atoms with Crippen LogP contribution >= 0.6 is 0 Å². The highest BCUT2D eigenvalue weighted by atomic mass is 16.5. The van der Waals surface area contributed by atoms with Gasteiger partial charge >= 0.3 is 0 Å². The molecule has 4 heterocycles. The quantitative estimate of drug-likeness (QED) is 0.175. The summed E-state index contributed by atoms with van der Waals surface area (Å²) in [6.07, 6.45) is 13.6. The van der Waals surface area contributed by atoms with E-state index in [4.69, 9.17) is 29.1 Å². The first-order chi connectivity index (χ1) is 28.7. The second-order valence-corrected chi connectivity index (χ2v) is 15.2. The SMILES string of the molecule is C1=CC2Oc3nc(-c4ccc(-c5cccc6c(-c7nc(-c8ccccc8)nc(C8CC=Cc9c8oc8ccccc98)n7)cccc56)cc4)c4ccccc4c3C2C=C1. The van der Waals surface area contributed by atoms with Crippen LogP contribution in [0.15, 0.2) is 174 Å². The van der Waals surface area contributed by atoms with Crippen LogP contribution in [0.4, 0.5) is 0 Å². The zero-order chi connectivity index (χ0) is 38.2. The van der Waals surface area contributed by atoms with Gasteiger partial charge in [0.2, 0.25) is 5.88 Å². The number of aromatic nitrogens is 4. The van der Waals surface area contributed by atoms with Gasteiger partial charge in [0.25, 0.3) is 0 Å². The van der Waals surface area contributed by atoms with E-state index in [1.807, 2.05) is 30.3 Å². The van der Waals surface area contributed by atoms with Gasteiger partial charge in [0.1, 0.15) is 23.3 Å². The molecule has 12 rings (SSSR count). The van der Waals surface area contributed by atoms with E-state index in [-0.39, 0.29) is 17.9 Å². The van der Waals surface area contributed by atoms with E-state index in [1.165, 1.54) is 10.9 Å². The van der Waals surface area contributed by atoms with Crippen molar-refractivity contribution < 1.29 is 9.15 Å². The van der Waals surface area contributed by atoms with Crippen molar-refractivity contribution >= 4 is 38.6 Å². The summed E-state index contributed by atoms with van der Waals surface area (Å²) in [5, 5.41) is 5.61. The summed E-state index contributed by atoms with van der Waals surface area (Å²) in [7, 11) is 0. The van der Waals surface area contributed by atoms with E-state index >= 15 is 0 Å². The summed E-state index contributed by atoms with van der Waals surface area (Å²) in [6.45, 7) is 0. The highest BCUT2D eigenvalue weighted by molar-refractivity contribution is 6.04. The third kappa shape index (κ3) is 5.18. The average Bonchev–Trinajstić information content (AvgIpc) is 3.87. The standard InChI is InChI=1S/C52H34N4O2/c1-2-13-33(14-3-1)49-54-50(56-51(55-49)43-24-12-22-40-37-15-6-8-25-44(37)57-48(40)43)41-23-11-20-35-34(19-10-21-36(35)41)31-27-29-32(30-28-31)47-39-17-5-4-16-38(39)46-42-18-7-9-26-45(42)58-52(46)53-47/h1-23,25-30,42-43,45H,24H2. The van der Waals surface area contributed by atoms with Gasteiger partial charge in [-0.05, 0) is 45.8 Å². The molecule has 3 unspecified atom stereocenters. The van der Waals surface area contributed by atoms with Gasteiger partial charge in [0.15, 0.2) is 11.6 Å². The van der Waals surface area contributed by atoms with E-state index in [9.17, 15) is 0 Å². The molecule has 1 aliphatic heterocycles. The fraction of sp³-hybridized carbons (Fsp3) is 0.0769. The zero-order valence-corrected chi connectivity index (χ0v) is 31.3. The van der Waals surface area contributed by atoms with Crippen LogP contribution in [0.25, 0.3) is 83.8 Å². The molecule has 0 bridgehead atoms. The lowest BCUT2D eigenvalue weighted by atomic mass is 9.88. The molecule has 0 saturated carbocycles. The van der Waals surface area contributed by atoms with Crippen LogP contribution in [0.3, 0.4) is 0 Å². The summed E-state index contributed by atoms with van der Waals surface area (Å²) < 4.78 is 12.9. The van der Waals surface area contributed by atoms with Crippen molar-refractivity contribution in [3.05, 3.63) is 193 Å². The van der Waals surface area contributed by atoms with E-state index in [0.717, 1.165) is 84.3 Å². The molecule has 2 aliphatic carbocycles. The van der Waals surface area contributed by atoms with Gasteiger partial charge in [0.05, 0.1) is 11.6 Å². The van der Waals surface area contributed by atoms with E-state index in [2.05, 4.69) is 146 Å². The Morgan fingerprint density at radius 2 is 1.21 bits per heavy atom. The lowest BCUT2D eigenvalue weighted by Crippen LogP contribution is -2.15. The zero-order valence-electron chi connectivity index (χ0n) is 31.3. The van der Waals surface area contributed by atoms with Gasteiger partial charge in [-0.1, -0.05) is 164 Å². The number of pyridine rings is 1. The van der Waals surface area contributed by atoms with Crippen molar-refractivity contribution in [1.29, 1.82) is 0 Å². The molecule has 274 valence electrons. The number of hydrogen-bond donors (Lipinski definition) is 0. The second kappa shape index (κ2) is 13.1. The molecule has 6 aromatic carbocycles. The largest absolute Gasteiger partial charge is 0.469 e. The van der Waals surface area contributed by atoms with Crippen LogP contribution in [-0.2, 0) is 0 Å². The Kier molecular flexibility index (Phi) is 7.38. The van der Waals surface area contributed by atoms with E-state index in [0.29, 0.717) is 17.5 Å². The molecule has 3 aromatic heterocycles. The minimum atomic E-state index is -0.151. The Morgan fingerprint density at radius 3 is 2.07 bits per heavy atom. The number of benzene rings is 6. The predicted molar refractivity (Wildman–Crippen MR) is 232 cm³/mol. The van der Waals surface area contributed by atoms with Crippen LogP contribution in [0.2, 0.25) is 0 Å². The molecular weight excluding hydrogens is 713 g/mol. The van der Waals surface area contributed by atoms with Gasteiger partial charge in [-0.15, -0.1) is 0 Å². The summed E-state index contributed by atoms with van der Waals surface area (Å²) in [4.78, 5) is 20.7. The van der Waals surface area contributed by atoms with Crippen LogP contribution in [0, 0.1) is 0 Å². The third-order valence-electron chi connectivity index (χ3n) is 11.8. The lowest BCUT2D eigenvalue weighted by molar-refractivity contribution is 0.261. The molecule has 58 heavy (non-hydrogen) atoms. The number of furan rings is 1. The molecule has 0 spiro atoms. The summed E-state index contributed by atoms with van der Waals surface area (Å²) in [5.74, 6) is 3.61. The maximum Gasteiger partial charge on any atom is 0.219 e. The van der Waals surface area contributed by atoms with Gasteiger partial charge in [-0.25, -0.2) is 19.9 Å². The minimum Gasteiger partial charge on any atom is -0.469 e. The molecule has 0 fully saturated rings. The number of nitrogens with zero attached hydrogens (tertiary/aromatic N) is 4. The first-order valence-corrected chi connectivity index (χ1v) is 19.8. The molecule has 6 nitrogen and oxygen atoms in total. The molecule has 0 N–H and O–H groups in total. The predicted octanol–water partition coefficient (Wildman–Crippen LogP) is 12.5. The lowest BCUT2D eigenvalue weighted by Gasteiger charge is -2.18. The van der Waals surface area contributed by atoms with E-state index < -0.39 is 0 Å². The van der Waals surface area contributed by atoms with Crippen LogP contribution in [0.5, 0.6) is 5.88 Å². The fourth-order valence-electron chi connectivity index (χ4n) is 9.10. The monoisotopic (exact) mass is 746 g/mol. The first kappa shape index (κ1) is 32.8. The van der Waals surface area contributed by atoms with Gasteiger partial charge in [0, 0.05) is 44.5 Å². The molecule has 0 amide bonds. The molecule has 0 saturated heterocycles. The smallest absolute Gasteiger partial charge is 0.219 e. The first-order valence-electron chi connectivity index (χ1n) is 19.8. The normalized spacial score (nSPS) is 17.7. The summed E-state index contributed by atoms with van der Waals surface area (Å²) >= 11 is 0. The molecule has 3 atom stereocenters. The Labute approximate surface area is 334 Å². The third-order valence-corrected chi connectivity index (χ3v) is 11.8. The highest BCUT2D eigenvalue weighted by Crippen LogP contribution is 2.47. The van der Waals surface area contributed by atoms with Crippen LogP contribution in [0.1, 0.15) is 41.0 Å². The summed E-state index contributed by atoms with van der Waals surface area (Å²) in [6, 6.07) is 48.5. The average molecular weight is 747 g/mol. The van der Waals surface area contributed by atoms with Crippen molar-refractivity contribution in [3.8, 4) is 51.0 Å². The number of hydrogen-bond acceptors (Lipinski definition) is 6. The van der Waals surface area contributed by atoms with Gasteiger partial charge < -0.3 is 9.15 Å². The van der Waals surface area contributed by atoms with Crippen molar-refractivity contribution in [1.82, 2.24) is 19.9 Å². The minimum absolute atomic E-state index is 0.0207. The van der Waals surface area contributed by atoms with Gasteiger partial charge in [-0.2, -0.15) is 0 Å². The van der Waals surface area contributed by atoms with E-state index in [1.54, 1.807) is 0 Å². The van der Waals surface area contributed by atoms with Crippen LogP contribution < -0.4 is 4.74 Å². The van der Waals surface area contributed by atoms with Crippen LogP contribution in [-0.4, -0.2) is 26.0 Å². The maximum absolute atomic E-state index is 6.51. The summed E-state index contributed by atoms with van der Waals surface area (Å²) in [5.41, 5.74) is 9.24. The topological polar surface area (TPSA) is 73.9 Å². The Balaban J connectivity index is 0.956. The maximum atomic E-state index is 6.51. The Hall–Kier alpha value is -7.44.